The zero-order valence-corrected chi connectivity index (χ0v) is 10.3. The van der Waals surface area contributed by atoms with E-state index < -0.39 is 0 Å². The lowest BCUT2D eigenvalue weighted by Crippen LogP contribution is -1.97. The second-order valence-electron chi connectivity index (χ2n) is 3.57. The Morgan fingerprint density at radius 3 is 2.60 bits per heavy atom. The molecule has 0 heterocycles. The van der Waals surface area contributed by atoms with Crippen LogP contribution in [-0.2, 0) is 0 Å². The summed E-state index contributed by atoms with van der Waals surface area (Å²) in [5, 5.41) is 1.20. The summed E-state index contributed by atoms with van der Waals surface area (Å²) in [6.45, 7) is 2.15. The van der Waals surface area contributed by atoms with Crippen molar-refractivity contribution in [1.29, 1.82) is 0 Å². The molecule has 0 amide bonds. The lowest BCUT2D eigenvalue weighted by Gasteiger charge is -2.14. The zero-order chi connectivity index (χ0) is 11.3. The largest absolute Gasteiger partial charge is 0.120 e. The van der Waals surface area contributed by atoms with Gasteiger partial charge in [0.2, 0.25) is 0 Å². The Morgan fingerprint density at radius 2 is 2.07 bits per heavy atom. The van der Waals surface area contributed by atoms with Crippen molar-refractivity contribution in [2.75, 3.05) is 0 Å². The summed E-state index contributed by atoms with van der Waals surface area (Å²) < 4.78 is 0. The molecule has 1 atom stereocenters. The van der Waals surface area contributed by atoms with Crippen molar-refractivity contribution in [2.24, 2.45) is 0 Å². The zero-order valence-electron chi connectivity index (χ0n) is 8.76. The first-order valence-corrected chi connectivity index (χ1v) is 5.83. The SMILES string of the molecule is C#CCC(CCC)c1ccc(Cl)c(Cl)c1. The summed E-state index contributed by atoms with van der Waals surface area (Å²) in [6, 6.07) is 5.76. The third kappa shape index (κ3) is 3.45. The van der Waals surface area contributed by atoms with Gasteiger partial charge in [-0.05, 0) is 30.0 Å². The van der Waals surface area contributed by atoms with Crippen molar-refractivity contribution in [3.8, 4) is 12.3 Å². The summed E-state index contributed by atoms with van der Waals surface area (Å²) in [7, 11) is 0. The van der Waals surface area contributed by atoms with E-state index in [0.29, 0.717) is 16.0 Å². The molecular formula is C13H14Cl2. The minimum atomic E-state index is 0.398. The number of benzene rings is 1. The molecule has 0 saturated carbocycles. The second-order valence-corrected chi connectivity index (χ2v) is 4.38. The van der Waals surface area contributed by atoms with Gasteiger partial charge < -0.3 is 0 Å². The predicted molar refractivity (Wildman–Crippen MR) is 67.6 cm³/mol. The maximum absolute atomic E-state index is 5.97. The van der Waals surface area contributed by atoms with E-state index in [1.54, 1.807) is 0 Å². The average molecular weight is 241 g/mol. The Kier molecular flexibility index (Phi) is 5.02. The number of halogens is 2. The van der Waals surface area contributed by atoms with E-state index in [9.17, 15) is 0 Å². The smallest absolute Gasteiger partial charge is 0.0595 e. The molecule has 1 aromatic carbocycles. The molecular weight excluding hydrogens is 227 g/mol. The standard InChI is InChI=1S/C13H14Cl2/c1-3-5-10(6-4-2)11-7-8-12(14)13(15)9-11/h1,7-10H,4-6H2,2H3. The van der Waals surface area contributed by atoms with Crippen molar-refractivity contribution in [3.63, 3.8) is 0 Å². The van der Waals surface area contributed by atoms with Gasteiger partial charge in [0.05, 0.1) is 10.0 Å². The van der Waals surface area contributed by atoms with Gasteiger partial charge in [-0.15, -0.1) is 12.3 Å². The Labute approximate surface area is 102 Å². The average Bonchev–Trinajstić information content (AvgIpc) is 2.22. The minimum absolute atomic E-state index is 0.398. The van der Waals surface area contributed by atoms with Crippen LogP contribution in [0.1, 0.15) is 37.7 Å². The molecule has 0 aliphatic rings. The highest BCUT2D eigenvalue weighted by Gasteiger charge is 2.10. The quantitative estimate of drug-likeness (QED) is 0.657. The van der Waals surface area contributed by atoms with Crippen molar-refractivity contribution in [3.05, 3.63) is 33.8 Å². The van der Waals surface area contributed by atoms with Gasteiger partial charge in [0.15, 0.2) is 0 Å². The number of terminal acetylenes is 1. The van der Waals surface area contributed by atoms with E-state index >= 15 is 0 Å². The van der Waals surface area contributed by atoms with Crippen LogP contribution in [0.4, 0.5) is 0 Å². The first-order chi connectivity index (χ1) is 7.19. The molecule has 15 heavy (non-hydrogen) atoms. The summed E-state index contributed by atoms with van der Waals surface area (Å²) in [5.74, 6) is 3.11. The fraction of sp³-hybridized carbons (Fsp3) is 0.385. The highest BCUT2D eigenvalue weighted by atomic mass is 35.5. The molecule has 2 heteroatoms. The van der Waals surface area contributed by atoms with Gasteiger partial charge in [0.25, 0.3) is 0 Å². The molecule has 0 aliphatic carbocycles. The fourth-order valence-electron chi connectivity index (χ4n) is 1.64. The highest BCUT2D eigenvalue weighted by Crippen LogP contribution is 2.30. The minimum Gasteiger partial charge on any atom is -0.120 e. The summed E-state index contributed by atoms with van der Waals surface area (Å²) in [5.41, 5.74) is 1.18. The van der Waals surface area contributed by atoms with Crippen molar-refractivity contribution in [2.45, 2.75) is 32.1 Å². The molecule has 0 spiro atoms. The topological polar surface area (TPSA) is 0 Å². The Morgan fingerprint density at radius 1 is 1.33 bits per heavy atom. The van der Waals surface area contributed by atoms with Gasteiger partial charge in [-0.1, -0.05) is 42.6 Å². The first-order valence-electron chi connectivity index (χ1n) is 5.07. The van der Waals surface area contributed by atoms with Crippen LogP contribution in [-0.4, -0.2) is 0 Å². The molecule has 80 valence electrons. The Hall–Kier alpha value is -0.640. The molecule has 0 bridgehead atoms. The maximum atomic E-state index is 5.97. The van der Waals surface area contributed by atoms with Gasteiger partial charge in [0.1, 0.15) is 0 Å². The van der Waals surface area contributed by atoms with Crippen molar-refractivity contribution >= 4 is 23.2 Å². The molecule has 0 N–H and O–H groups in total. The van der Waals surface area contributed by atoms with E-state index in [1.807, 2.05) is 18.2 Å². The summed E-state index contributed by atoms with van der Waals surface area (Å²) in [4.78, 5) is 0. The maximum Gasteiger partial charge on any atom is 0.0595 e. The second kappa shape index (κ2) is 6.05. The summed E-state index contributed by atoms with van der Waals surface area (Å²) in [6.07, 6.45) is 8.31. The van der Waals surface area contributed by atoms with Crippen LogP contribution in [0.5, 0.6) is 0 Å². The molecule has 0 radical (unpaired) electrons. The van der Waals surface area contributed by atoms with Crippen LogP contribution in [0, 0.1) is 12.3 Å². The Bertz CT molecular complexity index is 363. The molecule has 0 nitrogen and oxygen atoms in total. The van der Waals surface area contributed by atoms with Crippen LogP contribution in [0.3, 0.4) is 0 Å². The van der Waals surface area contributed by atoms with Crippen LogP contribution < -0.4 is 0 Å². The first kappa shape index (κ1) is 12.4. The van der Waals surface area contributed by atoms with E-state index in [2.05, 4.69) is 12.8 Å². The number of rotatable bonds is 4. The lowest BCUT2D eigenvalue weighted by atomic mass is 9.92. The monoisotopic (exact) mass is 240 g/mol. The highest BCUT2D eigenvalue weighted by molar-refractivity contribution is 6.42. The normalized spacial score (nSPS) is 12.1. The van der Waals surface area contributed by atoms with Gasteiger partial charge in [-0.2, -0.15) is 0 Å². The van der Waals surface area contributed by atoms with Crippen LogP contribution >= 0.6 is 23.2 Å². The predicted octanol–water partition coefficient (Wildman–Crippen LogP) is 4.90. The Balaban J connectivity index is 2.91. The van der Waals surface area contributed by atoms with Crippen molar-refractivity contribution < 1.29 is 0 Å². The van der Waals surface area contributed by atoms with Gasteiger partial charge in [-0.25, -0.2) is 0 Å². The van der Waals surface area contributed by atoms with Crippen molar-refractivity contribution in [1.82, 2.24) is 0 Å². The van der Waals surface area contributed by atoms with Crippen LogP contribution in [0.25, 0.3) is 0 Å². The molecule has 1 unspecified atom stereocenters. The third-order valence-corrected chi connectivity index (χ3v) is 3.16. The van der Waals surface area contributed by atoms with Gasteiger partial charge in [-0.3, -0.25) is 0 Å². The molecule has 1 aromatic rings. The number of hydrogen-bond acceptors (Lipinski definition) is 0. The molecule has 0 saturated heterocycles. The van der Waals surface area contributed by atoms with E-state index in [4.69, 9.17) is 29.6 Å². The molecule has 0 aromatic heterocycles. The molecule has 1 rings (SSSR count). The van der Waals surface area contributed by atoms with E-state index in [-0.39, 0.29) is 0 Å². The van der Waals surface area contributed by atoms with Crippen LogP contribution in [0.2, 0.25) is 10.0 Å². The van der Waals surface area contributed by atoms with E-state index in [0.717, 1.165) is 19.3 Å². The fourth-order valence-corrected chi connectivity index (χ4v) is 1.95. The van der Waals surface area contributed by atoms with Crippen LogP contribution in [0.15, 0.2) is 18.2 Å². The summed E-state index contributed by atoms with van der Waals surface area (Å²) >= 11 is 11.8. The number of hydrogen-bond donors (Lipinski definition) is 0. The van der Waals surface area contributed by atoms with Gasteiger partial charge in [0, 0.05) is 6.42 Å². The molecule has 0 aliphatic heterocycles. The van der Waals surface area contributed by atoms with E-state index in [1.165, 1.54) is 5.56 Å². The third-order valence-electron chi connectivity index (χ3n) is 2.42. The molecule has 0 fully saturated rings. The lowest BCUT2D eigenvalue weighted by molar-refractivity contribution is 0.628. The van der Waals surface area contributed by atoms with Gasteiger partial charge >= 0.3 is 0 Å².